The molecule has 0 aromatic carbocycles. The van der Waals surface area contributed by atoms with Crippen molar-refractivity contribution in [2.24, 2.45) is 0 Å². The van der Waals surface area contributed by atoms with Gasteiger partial charge in [-0.25, -0.2) is 4.79 Å². The van der Waals surface area contributed by atoms with Crippen LogP contribution in [-0.4, -0.2) is 23.1 Å². The Morgan fingerprint density at radius 3 is 2.25 bits per heavy atom. The maximum absolute atomic E-state index is 10.8. The van der Waals surface area contributed by atoms with Crippen molar-refractivity contribution in [3.63, 3.8) is 0 Å². The summed E-state index contributed by atoms with van der Waals surface area (Å²) in [5, 5.41) is 0. The lowest BCUT2D eigenvalue weighted by atomic mass is 10.2. The molecule has 12 heavy (non-hydrogen) atoms. The summed E-state index contributed by atoms with van der Waals surface area (Å²) in [5.74, 6) is -1.67. The molecule has 0 bridgehead atoms. The van der Waals surface area contributed by atoms with Gasteiger partial charge in [0.05, 0.1) is 0 Å². The van der Waals surface area contributed by atoms with Gasteiger partial charge in [0.15, 0.2) is 0 Å². The number of halogens is 1. The molecule has 0 aromatic rings. The van der Waals surface area contributed by atoms with Crippen LogP contribution in [-0.2, 0) is 19.1 Å². The Labute approximate surface area is 78.4 Å². The lowest BCUT2D eigenvalue weighted by molar-refractivity contribution is -0.152. The van der Waals surface area contributed by atoms with Crippen molar-refractivity contribution in [1.82, 2.24) is 0 Å². The highest BCUT2D eigenvalue weighted by molar-refractivity contribution is 9.09. The first-order chi connectivity index (χ1) is 5.57. The molecule has 0 N–H and O–H groups in total. The van der Waals surface area contributed by atoms with Gasteiger partial charge in [-0.3, -0.25) is 4.79 Å². The number of ketones is 2. The van der Waals surface area contributed by atoms with E-state index in [2.05, 4.69) is 20.7 Å². The minimum atomic E-state index is -0.895. The maximum Gasteiger partial charge on any atom is 0.375 e. The predicted molar refractivity (Wildman–Crippen MR) is 44.8 cm³/mol. The third-order valence-corrected chi connectivity index (χ3v) is 1.35. The van der Waals surface area contributed by atoms with E-state index in [0.29, 0.717) is 0 Å². The van der Waals surface area contributed by atoms with Crippen LogP contribution in [0.2, 0.25) is 0 Å². The van der Waals surface area contributed by atoms with Crippen molar-refractivity contribution in [3.8, 4) is 0 Å². The molecule has 0 radical (unpaired) electrons. The Kier molecular flexibility index (Phi) is 5.53. The number of esters is 1. The van der Waals surface area contributed by atoms with E-state index in [-0.39, 0.29) is 24.1 Å². The number of carbonyl (C=O) groups is 3. The number of ether oxygens (including phenoxy) is 1. The zero-order valence-electron chi connectivity index (χ0n) is 6.63. The summed E-state index contributed by atoms with van der Waals surface area (Å²) in [6, 6.07) is 0. The van der Waals surface area contributed by atoms with Crippen molar-refractivity contribution < 1.29 is 19.1 Å². The molecule has 0 amide bonds. The fraction of sp³-hybridized carbons (Fsp3) is 0.571. The van der Waals surface area contributed by atoms with Crippen LogP contribution in [0.15, 0.2) is 0 Å². The van der Waals surface area contributed by atoms with Crippen LogP contribution in [0.3, 0.4) is 0 Å². The van der Waals surface area contributed by atoms with Gasteiger partial charge in [-0.05, 0) is 22.9 Å². The van der Waals surface area contributed by atoms with Gasteiger partial charge in [0.25, 0.3) is 0 Å². The highest BCUT2D eigenvalue weighted by Crippen LogP contribution is 1.95. The highest BCUT2D eigenvalue weighted by Gasteiger charge is 2.14. The van der Waals surface area contributed by atoms with Gasteiger partial charge in [-0.1, -0.05) is 0 Å². The number of Topliss-reactive ketones (excluding diaryl/α,β-unsaturated/α-hetero) is 2. The van der Waals surface area contributed by atoms with Crippen LogP contribution in [0.5, 0.6) is 0 Å². The molecule has 0 atom stereocenters. The molecule has 0 aliphatic carbocycles. The van der Waals surface area contributed by atoms with E-state index in [0.717, 1.165) is 0 Å². The first-order valence-electron chi connectivity index (χ1n) is 3.33. The van der Waals surface area contributed by atoms with E-state index in [9.17, 15) is 14.4 Å². The van der Waals surface area contributed by atoms with Crippen molar-refractivity contribution >= 4 is 33.5 Å². The molecule has 0 rings (SSSR count). The van der Waals surface area contributed by atoms with Crippen LogP contribution in [0.4, 0.5) is 0 Å². The number of rotatable bonds is 5. The van der Waals surface area contributed by atoms with Crippen molar-refractivity contribution in [1.29, 1.82) is 0 Å². The second kappa shape index (κ2) is 5.88. The van der Waals surface area contributed by atoms with E-state index >= 15 is 0 Å². The summed E-state index contributed by atoms with van der Waals surface area (Å²) in [6.45, 7) is 1.36. The second-order valence-corrected chi connectivity index (χ2v) is 2.62. The molecular weight excluding hydrogens is 228 g/mol. The summed E-state index contributed by atoms with van der Waals surface area (Å²) in [7, 11) is 0. The number of hydrogen-bond donors (Lipinski definition) is 0. The topological polar surface area (TPSA) is 60.4 Å². The molecular formula is C7H9BrO4. The fourth-order valence-electron chi connectivity index (χ4n) is 0.522. The summed E-state index contributed by atoms with van der Waals surface area (Å²) >= 11 is 2.84. The van der Waals surface area contributed by atoms with Gasteiger partial charge in [-0.15, -0.1) is 0 Å². The normalized spacial score (nSPS) is 9.17. The van der Waals surface area contributed by atoms with E-state index < -0.39 is 11.8 Å². The average molecular weight is 237 g/mol. The number of carbonyl (C=O) groups excluding carboxylic acids is 3. The predicted octanol–water partition coefficient (Wildman–Crippen LogP) is 0.820. The van der Waals surface area contributed by atoms with Crippen LogP contribution in [0.25, 0.3) is 0 Å². The van der Waals surface area contributed by atoms with Crippen LogP contribution in [0.1, 0.15) is 19.8 Å². The standard InChI is InChI=1S/C7H9BrO4/c1-5(9)2-3-6(10)7(11)12-4-8/h2-4H2,1H3. The fourth-order valence-corrected chi connectivity index (χ4v) is 0.730. The van der Waals surface area contributed by atoms with Gasteiger partial charge in [-0.2, -0.15) is 0 Å². The molecule has 0 aromatic heterocycles. The highest BCUT2D eigenvalue weighted by atomic mass is 79.9. The van der Waals surface area contributed by atoms with Gasteiger partial charge >= 0.3 is 5.97 Å². The Morgan fingerprint density at radius 2 is 1.83 bits per heavy atom. The smallest absolute Gasteiger partial charge is 0.375 e. The molecule has 0 unspecified atom stereocenters. The van der Waals surface area contributed by atoms with Crippen molar-refractivity contribution in [3.05, 3.63) is 0 Å². The summed E-state index contributed by atoms with van der Waals surface area (Å²) in [5.41, 5.74) is -0.00234. The first kappa shape index (κ1) is 11.3. The molecule has 4 nitrogen and oxygen atoms in total. The van der Waals surface area contributed by atoms with Crippen LogP contribution in [0, 0.1) is 0 Å². The second-order valence-electron chi connectivity index (χ2n) is 2.17. The molecule has 0 aliphatic heterocycles. The Morgan fingerprint density at radius 1 is 1.25 bits per heavy atom. The summed E-state index contributed by atoms with van der Waals surface area (Å²) in [4.78, 5) is 31.8. The molecule has 0 spiro atoms. The third kappa shape index (κ3) is 5.01. The first-order valence-corrected chi connectivity index (χ1v) is 4.45. The molecule has 5 heteroatoms. The van der Waals surface area contributed by atoms with Gasteiger partial charge in [0.2, 0.25) is 5.78 Å². The third-order valence-electron chi connectivity index (χ3n) is 1.12. The zero-order valence-corrected chi connectivity index (χ0v) is 8.22. The monoisotopic (exact) mass is 236 g/mol. The quantitative estimate of drug-likeness (QED) is 0.403. The van der Waals surface area contributed by atoms with E-state index in [1.165, 1.54) is 6.92 Å². The molecule has 0 heterocycles. The Bertz CT molecular complexity index is 200. The molecule has 0 fully saturated rings. The van der Waals surface area contributed by atoms with Crippen LogP contribution >= 0.6 is 15.9 Å². The average Bonchev–Trinajstić information content (AvgIpc) is 2.00. The van der Waals surface area contributed by atoms with Gasteiger partial charge in [0, 0.05) is 12.8 Å². The van der Waals surface area contributed by atoms with Gasteiger partial charge < -0.3 is 9.53 Å². The maximum atomic E-state index is 10.8. The van der Waals surface area contributed by atoms with Crippen molar-refractivity contribution in [2.75, 3.05) is 5.52 Å². The Balaban J connectivity index is 3.72. The SMILES string of the molecule is CC(=O)CCC(=O)C(=O)OCBr. The minimum absolute atomic E-state index is 0.00234. The lowest BCUT2D eigenvalue weighted by Gasteiger charge is -1.97. The van der Waals surface area contributed by atoms with Crippen LogP contribution < -0.4 is 0 Å². The molecule has 68 valence electrons. The van der Waals surface area contributed by atoms with E-state index in [4.69, 9.17) is 0 Å². The zero-order chi connectivity index (χ0) is 9.56. The molecule has 0 saturated heterocycles. The summed E-state index contributed by atoms with van der Waals surface area (Å²) in [6.07, 6.45) is 0.0252. The Hall–Kier alpha value is -0.710. The number of alkyl halides is 1. The number of hydrogen-bond acceptors (Lipinski definition) is 4. The minimum Gasteiger partial charge on any atom is -0.448 e. The van der Waals surface area contributed by atoms with E-state index in [1.807, 2.05) is 0 Å². The summed E-state index contributed by atoms with van der Waals surface area (Å²) < 4.78 is 4.35. The molecule has 0 saturated carbocycles. The van der Waals surface area contributed by atoms with Crippen molar-refractivity contribution in [2.45, 2.75) is 19.8 Å². The largest absolute Gasteiger partial charge is 0.448 e. The molecule has 0 aliphatic rings. The van der Waals surface area contributed by atoms with E-state index in [1.54, 1.807) is 0 Å². The lowest BCUT2D eigenvalue weighted by Crippen LogP contribution is -2.17. The van der Waals surface area contributed by atoms with Gasteiger partial charge in [0.1, 0.15) is 11.3 Å².